The van der Waals surface area contributed by atoms with E-state index < -0.39 is 4.92 Å². The van der Waals surface area contributed by atoms with Crippen LogP contribution in [0.2, 0.25) is 0 Å². The fraction of sp³-hybridized carbons (Fsp3) is 0.417. The summed E-state index contributed by atoms with van der Waals surface area (Å²) >= 11 is 3.33. The quantitative estimate of drug-likeness (QED) is 0.568. The van der Waals surface area contributed by atoms with E-state index in [-0.39, 0.29) is 5.69 Å². The first-order chi connectivity index (χ1) is 9.10. The van der Waals surface area contributed by atoms with Crippen LogP contribution in [0.3, 0.4) is 0 Å². The van der Waals surface area contributed by atoms with Crippen molar-refractivity contribution < 1.29 is 9.66 Å². The van der Waals surface area contributed by atoms with E-state index >= 15 is 0 Å². The number of rotatable bonds is 7. The van der Waals surface area contributed by atoms with Crippen LogP contribution < -0.4 is 4.90 Å². The monoisotopic (exact) mass is 327 g/mol. The number of nitro benzene ring substituents is 1. The fourth-order valence-electron chi connectivity index (χ4n) is 1.60. The number of nitrogens with zero attached hydrogens (tertiary/aromatic N) is 3. The zero-order valence-corrected chi connectivity index (χ0v) is 12.1. The number of hydrogen-bond donors (Lipinski definition) is 0. The summed E-state index contributed by atoms with van der Waals surface area (Å²) in [6.45, 7) is 1.69. The van der Waals surface area contributed by atoms with E-state index in [2.05, 4.69) is 22.0 Å². The summed E-state index contributed by atoms with van der Waals surface area (Å²) in [7, 11) is 1.60. The smallest absolute Gasteiger partial charge is 0.270 e. The molecule has 1 rings (SSSR count). The third-order valence-corrected chi connectivity index (χ3v) is 3.18. The number of anilines is 1. The molecule has 0 heterocycles. The van der Waals surface area contributed by atoms with Crippen LogP contribution in [0.15, 0.2) is 22.7 Å². The van der Waals surface area contributed by atoms with Crippen molar-refractivity contribution in [1.29, 1.82) is 5.26 Å². The molecule has 6 nitrogen and oxygen atoms in total. The van der Waals surface area contributed by atoms with E-state index in [0.29, 0.717) is 30.6 Å². The average molecular weight is 328 g/mol. The molecule has 0 unspecified atom stereocenters. The number of hydrogen-bond acceptors (Lipinski definition) is 5. The number of benzene rings is 1. The van der Waals surface area contributed by atoms with Gasteiger partial charge in [-0.3, -0.25) is 10.1 Å². The number of nitriles is 1. The van der Waals surface area contributed by atoms with Gasteiger partial charge in [0.15, 0.2) is 0 Å². The van der Waals surface area contributed by atoms with E-state index in [1.165, 1.54) is 12.1 Å². The molecule has 0 amide bonds. The summed E-state index contributed by atoms with van der Waals surface area (Å²) in [5.41, 5.74) is 0.848. The van der Waals surface area contributed by atoms with Gasteiger partial charge in [-0.25, -0.2) is 0 Å². The highest BCUT2D eigenvalue weighted by Gasteiger charge is 2.14. The van der Waals surface area contributed by atoms with Gasteiger partial charge < -0.3 is 9.64 Å². The maximum absolute atomic E-state index is 10.7. The second kappa shape index (κ2) is 7.71. The van der Waals surface area contributed by atoms with Gasteiger partial charge in [-0.2, -0.15) is 5.26 Å². The van der Waals surface area contributed by atoms with Crippen molar-refractivity contribution >= 4 is 27.3 Å². The lowest BCUT2D eigenvalue weighted by Gasteiger charge is -2.24. The number of methoxy groups -OCH3 is 1. The maximum atomic E-state index is 10.7. The lowest BCUT2D eigenvalue weighted by Crippen LogP contribution is -2.28. The molecule has 0 N–H and O–H groups in total. The molecule has 1 aromatic rings. The van der Waals surface area contributed by atoms with Crippen molar-refractivity contribution in [2.24, 2.45) is 0 Å². The zero-order chi connectivity index (χ0) is 14.3. The number of ether oxygens (including phenoxy) is 1. The molecule has 0 aliphatic heterocycles. The fourth-order valence-corrected chi connectivity index (χ4v) is 2.22. The first-order valence-electron chi connectivity index (χ1n) is 5.65. The van der Waals surface area contributed by atoms with Crippen LogP contribution in [-0.4, -0.2) is 31.7 Å². The zero-order valence-electron chi connectivity index (χ0n) is 10.5. The number of halogens is 1. The van der Waals surface area contributed by atoms with E-state index in [0.717, 1.165) is 5.69 Å². The van der Waals surface area contributed by atoms with Crippen LogP contribution in [0.5, 0.6) is 0 Å². The van der Waals surface area contributed by atoms with Crippen molar-refractivity contribution in [3.63, 3.8) is 0 Å². The second-order valence-corrected chi connectivity index (χ2v) is 4.64. The molecule has 0 aromatic heterocycles. The van der Waals surface area contributed by atoms with Crippen molar-refractivity contribution in [1.82, 2.24) is 0 Å². The summed E-state index contributed by atoms with van der Waals surface area (Å²) in [4.78, 5) is 12.2. The third kappa shape index (κ3) is 4.50. The van der Waals surface area contributed by atoms with Gasteiger partial charge in [0.25, 0.3) is 5.69 Å². The first-order valence-corrected chi connectivity index (χ1v) is 6.44. The molecule has 0 atom stereocenters. The van der Waals surface area contributed by atoms with Crippen molar-refractivity contribution in [2.75, 3.05) is 31.7 Å². The molecular formula is C12H14BrN3O3. The third-order valence-electron chi connectivity index (χ3n) is 2.54. The van der Waals surface area contributed by atoms with E-state index in [9.17, 15) is 10.1 Å². The lowest BCUT2D eigenvalue weighted by molar-refractivity contribution is -0.384. The minimum atomic E-state index is -0.441. The van der Waals surface area contributed by atoms with E-state index in [1.807, 2.05) is 4.90 Å². The molecule has 0 aliphatic carbocycles. The molecule has 7 heteroatoms. The molecular weight excluding hydrogens is 314 g/mol. The summed E-state index contributed by atoms with van der Waals surface area (Å²) in [5, 5.41) is 19.4. The number of nitro groups is 1. The topological polar surface area (TPSA) is 79.4 Å². The molecule has 0 saturated heterocycles. The Morgan fingerprint density at radius 3 is 2.79 bits per heavy atom. The molecule has 0 bridgehead atoms. The molecule has 19 heavy (non-hydrogen) atoms. The Labute approximate surface area is 119 Å². The predicted octanol–water partition coefficient (Wildman–Crippen LogP) is 2.72. The summed E-state index contributed by atoms with van der Waals surface area (Å²) in [5.74, 6) is 0. The van der Waals surface area contributed by atoms with E-state index in [1.54, 1.807) is 13.2 Å². The maximum Gasteiger partial charge on any atom is 0.270 e. The van der Waals surface area contributed by atoms with Gasteiger partial charge in [-0.1, -0.05) is 0 Å². The van der Waals surface area contributed by atoms with Gasteiger partial charge >= 0.3 is 0 Å². The Morgan fingerprint density at radius 1 is 1.53 bits per heavy atom. The Kier molecular flexibility index (Phi) is 6.25. The Hall–Kier alpha value is -1.65. The van der Waals surface area contributed by atoms with Gasteiger partial charge in [0.1, 0.15) is 0 Å². The van der Waals surface area contributed by atoms with Gasteiger partial charge in [0.05, 0.1) is 29.7 Å². The first kappa shape index (κ1) is 15.4. The molecule has 102 valence electrons. The number of non-ortho nitro benzene ring substituents is 1. The predicted molar refractivity (Wildman–Crippen MR) is 75.1 cm³/mol. The molecule has 0 radical (unpaired) electrons. The molecule has 0 saturated carbocycles. The highest BCUT2D eigenvalue weighted by Crippen LogP contribution is 2.30. The van der Waals surface area contributed by atoms with Crippen LogP contribution in [0.25, 0.3) is 0 Å². The summed E-state index contributed by atoms with van der Waals surface area (Å²) < 4.78 is 5.66. The molecule has 0 spiro atoms. The van der Waals surface area contributed by atoms with Crippen LogP contribution in [0, 0.1) is 21.4 Å². The molecule has 0 aliphatic rings. The van der Waals surface area contributed by atoms with Crippen molar-refractivity contribution in [2.45, 2.75) is 6.42 Å². The molecule has 0 fully saturated rings. The minimum absolute atomic E-state index is 0.0302. The summed E-state index contributed by atoms with van der Waals surface area (Å²) in [6, 6.07) is 6.67. The largest absolute Gasteiger partial charge is 0.383 e. The Bertz CT molecular complexity index is 488. The van der Waals surface area contributed by atoms with Crippen molar-refractivity contribution in [3.8, 4) is 6.07 Å². The van der Waals surface area contributed by atoms with Gasteiger partial charge in [0, 0.05) is 36.8 Å². The van der Waals surface area contributed by atoms with Crippen LogP contribution in [-0.2, 0) is 4.74 Å². The minimum Gasteiger partial charge on any atom is -0.383 e. The standard InChI is InChI=1S/C12H14BrN3O3/c1-19-8-7-15(6-2-5-14)12-4-3-10(16(17)18)9-11(12)13/h3-4,9H,2,6-8H2,1H3. The average Bonchev–Trinajstić information content (AvgIpc) is 2.39. The van der Waals surface area contributed by atoms with Crippen molar-refractivity contribution in [3.05, 3.63) is 32.8 Å². The molecule has 1 aromatic carbocycles. The van der Waals surface area contributed by atoms with Crippen LogP contribution in [0.4, 0.5) is 11.4 Å². The highest BCUT2D eigenvalue weighted by atomic mass is 79.9. The Balaban J connectivity index is 2.94. The normalized spacial score (nSPS) is 9.95. The SMILES string of the molecule is COCCN(CCC#N)c1ccc([N+](=O)[O-])cc1Br. The van der Waals surface area contributed by atoms with E-state index in [4.69, 9.17) is 10.00 Å². The summed E-state index contributed by atoms with van der Waals surface area (Å²) in [6.07, 6.45) is 0.382. The van der Waals surface area contributed by atoms with Crippen LogP contribution in [0.1, 0.15) is 6.42 Å². The highest BCUT2D eigenvalue weighted by molar-refractivity contribution is 9.10. The lowest BCUT2D eigenvalue weighted by atomic mass is 10.2. The van der Waals surface area contributed by atoms with Crippen LogP contribution >= 0.6 is 15.9 Å². The Morgan fingerprint density at radius 2 is 2.26 bits per heavy atom. The second-order valence-electron chi connectivity index (χ2n) is 3.78. The van der Waals surface area contributed by atoms with Gasteiger partial charge in [-0.05, 0) is 22.0 Å². The van der Waals surface area contributed by atoms with Gasteiger partial charge in [-0.15, -0.1) is 0 Å². The van der Waals surface area contributed by atoms with Gasteiger partial charge in [0.2, 0.25) is 0 Å².